The molecule has 0 N–H and O–H groups in total. The summed E-state index contributed by atoms with van der Waals surface area (Å²) in [5.74, 6) is 0.0919. The molecule has 4 rings (SSSR count). The second-order valence-corrected chi connectivity index (χ2v) is 7.46. The lowest BCUT2D eigenvalue weighted by molar-refractivity contribution is -0.384. The minimum absolute atomic E-state index is 0.0836. The van der Waals surface area contributed by atoms with E-state index in [2.05, 4.69) is 11.0 Å². The van der Waals surface area contributed by atoms with Crippen molar-refractivity contribution >= 4 is 28.3 Å². The number of fused-ring (bicyclic) bond motifs is 1. The van der Waals surface area contributed by atoms with Crippen LogP contribution in [0.4, 0.5) is 11.4 Å². The van der Waals surface area contributed by atoms with Crippen LogP contribution in [0.3, 0.4) is 0 Å². The van der Waals surface area contributed by atoms with E-state index in [9.17, 15) is 14.9 Å². The van der Waals surface area contributed by atoms with Gasteiger partial charge >= 0.3 is 0 Å². The van der Waals surface area contributed by atoms with E-state index >= 15 is 0 Å². The van der Waals surface area contributed by atoms with Crippen LogP contribution in [0, 0.1) is 24.0 Å². The Morgan fingerprint density at radius 3 is 2.41 bits per heavy atom. The first-order valence-electron chi connectivity index (χ1n) is 9.67. The molecule has 7 nitrogen and oxygen atoms in total. The van der Waals surface area contributed by atoms with Gasteiger partial charge in [0.25, 0.3) is 5.69 Å². The van der Waals surface area contributed by atoms with Gasteiger partial charge in [-0.15, -0.1) is 0 Å². The molecule has 0 atom stereocenters. The normalized spacial score (nSPS) is 14.4. The molecule has 2 aromatic carbocycles. The molecular formula is C22H23N3O4. The maximum Gasteiger partial charge on any atom is 0.269 e. The number of aryl methyl sites for hydroxylation is 2. The predicted octanol–water partition coefficient (Wildman–Crippen LogP) is 3.85. The van der Waals surface area contributed by atoms with E-state index in [0.717, 1.165) is 27.8 Å². The molecule has 0 radical (unpaired) electrons. The lowest BCUT2D eigenvalue weighted by Crippen LogP contribution is -2.49. The fourth-order valence-corrected chi connectivity index (χ4v) is 3.80. The van der Waals surface area contributed by atoms with Crippen molar-refractivity contribution in [1.82, 2.24) is 4.90 Å². The number of hydrogen-bond donors (Lipinski definition) is 0. The van der Waals surface area contributed by atoms with Gasteiger partial charge in [0.2, 0.25) is 5.91 Å². The minimum atomic E-state index is -0.400. The number of hydrogen-bond acceptors (Lipinski definition) is 5. The summed E-state index contributed by atoms with van der Waals surface area (Å²) in [6, 6.07) is 10.6. The summed E-state index contributed by atoms with van der Waals surface area (Å²) < 4.78 is 5.72. The van der Waals surface area contributed by atoms with Crippen molar-refractivity contribution in [2.24, 2.45) is 0 Å². The summed E-state index contributed by atoms with van der Waals surface area (Å²) in [7, 11) is 0. The molecule has 0 saturated carbocycles. The number of benzene rings is 2. The Hall–Kier alpha value is -3.35. The SMILES string of the molecule is Cc1ccc2c(CC(=O)N3CCN(c4ccc([N+](=O)[O-])cc4)CC3)coc2c1C. The number of nitro groups is 1. The van der Waals surface area contributed by atoms with Gasteiger partial charge in [0.15, 0.2) is 0 Å². The predicted molar refractivity (Wildman–Crippen MR) is 111 cm³/mol. The lowest BCUT2D eigenvalue weighted by Gasteiger charge is -2.36. The van der Waals surface area contributed by atoms with Crippen molar-refractivity contribution in [3.63, 3.8) is 0 Å². The van der Waals surface area contributed by atoms with E-state index in [1.54, 1.807) is 18.4 Å². The Kier molecular flexibility index (Phi) is 4.96. The van der Waals surface area contributed by atoms with E-state index in [-0.39, 0.29) is 11.6 Å². The molecule has 1 amide bonds. The highest BCUT2D eigenvalue weighted by Crippen LogP contribution is 2.27. The number of nitrogens with zero attached hydrogens (tertiary/aromatic N) is 3. The molecule has 7 heteroatoms. The van der Waals surface area contributed by atoms with Crippen molar-refractivity contribution in [2.45, 2.75) is 20.3 Å². The van der Waals surface area contributed by atoms with E-state index in [1.165, 1.54) is 17.7 Å². The van der Waals surface area contributed by atoms with Gasteiger partial charge in [0, 0.05) is 54.9 Å². The standard InChI is InChI=1S/C22H23N3O4/c1-15-3-8-20-17(14-29-22(20)16(15)2)13-21(26)24-11-9-23(10-12-24)18-4-6-19(7-5-18)25(27)28/h3-8,14H,9-13H2,1-2H3. The van der Waals surface area contributed by atoms with Crippen LogP contribution in [0.15, 0.2) is 47.1 Å². The van der Waals surface area contributed by atoms with Gasteiger partial charge in [-0.05, 0) is 37.1 Å². The highest BCUT2D eigenvalue weighted by Gasteiger charge is 2.23. The summed E-state index contributed by atoms with van der Waals surface area (Å²) in [5.41, 5.74) is 5.08. The van der Waals surface area contributed by atoms with E-state index in [0.29, 0.717) is 32.6 Å². The van der Waals surface area contributed by atoms with Crippen LogP contribution in [0.25, 0.3) is 11.0 Å². The van der Waals surface area contributed by atoms with Crippen molar-refractivity contribution in [1.29, 1.82) is 0 Å². The van der Waals surface area contributed by atoms with E-state index < -0.39 is 4.92 Å². The average Bonchev–Trinajstić information content (AvgIpc) is 3.14. The van der Waals surface area contributed by atoms with Gasteiger partial charge in [-0.1, -0.05) is 12.1 Å². The third kappa shape index (κ3) is 3.68. The number of amides is 1. The topological polar surface area (TPSA) is 79.8 Å². The van der Waals surface area contributed by atoms with Gasteiger partial charge in [0.05, 0.1) is 17.6 Å². The molecular weight excluding hydrogens is 370 g/mol. The first-order valence-corrected chi connectivity index (χ1v) is 9.67. The first kappa shape index (κ1) is 19.0. The summed E-state index contributed by atoms with van der Waals surface area (Å²) in [6.45, 7) is 6.74. The fraction of sp³-hybridized carbons (Fsp3) is 0.318. The second kappa shape index (κ2) is 7.58. The molecule has 3 aromatic rings. The van der Waals surface area contributed by atoms with Crippen molar-refractivity contribution < 1.29 is 14.1 Å². The molecule has 1 aromatic heterocycles. The van der Waals surface area contributed by atoms with Gasteiger partial charge in [-0.3, -0.25) is 14.9 Å². The maximum absolute atomic E-state index is 12.8. The summed E-state index contributed by atoms with van der Waals surface area (Å²) in [5, 5.41) is 11.8. The molecule has 1 aliphatic rings. The Morgan fingerprint density at radius 1 is 1.07 bits per heavy atom. The highest BCUT2D eigenvalue weighted by atomic mass is 16.6. The van der Waals surface area contributed by atoms with E-state index in [1.807, 2.05) is 24.8 Å². The largest absolute Gasteiger partial charge is 0.464 e. The van der Waals surface area contributed by atoms with Gasteiger partial charge < -0.3 is 14.2 Å². The molecule has 2 heterocycles. The van der Waals surface area contributed by atoms with Crippen LogP contribution in [0.2, 0.25) is 0 Å². The zero-order valence-corrected chi connectivity index (χ0v) is 16.6. The van der Waals surface area contributed by atoms with Gasteiger partial charge in [-0.25, -0.2) is 0 Å². The van der Waals surface area contributed by atoms with Gasteiger partial charge in [0.1, 0.15) is 5.58 Å². The van der Waals surface area contributed by atoms with Gasteiger partial charge in [-0.2, -0.15) is 0 Å². The number of furan rings is 1. The van der Waals surface area contributed by atoms with Crippen LogP contribution in [-0.4, -0.2) is 41.9 Å². The number of carbonyl (C=O) groups excluding carboxylic acids is 1. The van der Waals surface area contributed by atoms with Crippen molar-refractivity contribution in [3.8, 4) is 0 Å². The molecule has 150 valence electrons. The molecule has 1 aliphatic heterocycles. The second-order valence-electron chi connectivity index (χ2n) is 7.46. The quantitative estimate of drug-likeness (QED) is 0.497. The Balaban J connectivity index is 1.39. The minimum Gasteiger partial charge on any atom is -0.464 e. The number of anilines is 1. The Bertz CT molecular complexity index is 1060. The zero-order chi connectivity index (χ0) is 20.5. The fourth-order valence-electron chi connectivity index (χ4n) is 3.80. The number of nitro benzene ring substituents is 1. The number of rotatable bonds is 4. The lowest BCUT2D eigenvalue weighted by atomic mass is 10.0. The number of non-ortho nitro benzene ring substituents is 1. The molecule has 0 aliphatic carbocycles. The third-order valence-corrected chi connectivity index (χ3v) is 5.74. The molecule has 0 bridgehead atoms. The monoisotopic (exact) mass is 393 g/mol. The summed E-state index contributed by atoms with van der Waals surface area (Å²) >= 11 is 0. The molecule has 0 unspecified atom stereocenters. The average molecular weight is 393 g/mol. The third-order valence-electron chi connectivity index (χ3n) is 5.74. The maximum atomic E-state index is 12.8. The van der Waals surface area contributed by atoms with Crippen LogP contribution < -0.4 is 4.90 Å². The molecule has 29 heavy (non-hydrogen) atoms. The van der Waals surface area contributed by atoms with Crippen LogP contribution in [-0.2, 0) is 11.2 Å². The van der Waals surface area contributed by atoms with E-state index in [4.69, 9.17) is 4.42 Å². The smallest absolute Gasteiger partial charge is 0.269 e. The van der Waals surface area contributed by atoms with Crippen molar-refractivity contribution in [2.75, 3.05) is 31.1 Å². The Morgan fingerprint density at radius 2 is 1.76 bits per heavy atom. The Labute approximate surface area is 168 Å². The number of piperazine rings is 1. The zero-order valence-electron chi connectivity index (χ0n) is 16.6. The summed E-state index contributed by atoms with van der Waals surface area (Å²) in [6.07, 6.45) is 2.02. The molecule has 0 spiro atoms. The van der Waals surface area contributed by atoms with Crippen LogP contribution in [0.5, 0.6) is 0 Å². The van der Waals surface area contributed by atoms with Crippen LogP contribution in [0.1, 0.15) is 16.7 Å². The molecule has 1 saturated heterocycles. The number of carbonyl (C=O) groups is 1. The van der Waals surface area contributed by atoms with Crippen molar-refractivity contribution in [3.05, 3.63) is 69.5 Å². The van der Waals surface area contributed by atoms with Crippen LogP contribution >= 0.6 is 0 Å². The molecule has 1 fully saturated rings. The summed E-state index contributed by atoms with van der Waals surface area (Å²) in [4.78, 5) is 27.2. The first-order chi connectivity index (χ1) is 13.9. The highest BCUT2D eigenvalue weighted by molar-refractivity contribution is 5.89.